The van der Waals surface area contributed by atoms with Gasteiger partial charge in [-0.1, -0.05) is 20.3 Å². The van der Waals surface area contributed by atoms with Crippen molar-refractivity contribution >= 4 is 12.0 Å². The molecule has 6 nitrogen and oxygen atoms in total. The van der Waals surface area contributed by atoms with Gasteiger partial charge in [0.1, 0.15) is 11.6 Å². The van der Waals surface area contributed by atoms with Crippen molar-refractivity contribution < 1.29 is 19.1 Å². The first-order valence-corrected chi connectivity index (χ1v) is 6.97. The number of methoxy groups -OCH3 is 1. The number of hydrogen-bond donors (Lipinski definition) is 2. The van der Waals surface area contributed by atoms with E-state index in [0.717, 1.165) is 6.42 Å². The predicted octanol–water partition coefficient (Wildman–Crippen LogP) is 1.69. The van der Waals surface area contributed by atoms with Gasteiger partial charge in [0.15, 0.2) is 0 Å². The fourth-order valence-corrected chi connectivity index (χ4v) is 1.52. The van der Waals surface area contributed by atoms with E-state index in [9.17, 15) is 9.59 Å². The molecule has 0 heterocycles. The van der Waals surface area contributed by atoms with Crippen molar-refractivity contribution in [2.45, 2.75) is 52.7 Å². The highest BCUT2D eigenvalue weighted by Gasteiger charge is 2.27. The van der Waals surface area contributed by atoms with Gasteiger partial charge in [-0.2, -0.15) is 0 Å². The molecule has 20 heavy (non-hydrogen) atoms. The molecule has 0 aromatic carbocycles. The van der Waals surface area contributed by atoms with E-state index >= 15 is 0 Å². The molecule has 0 aliphatic rings. The summed E-state index contributed by atoms with van der Waals surface area (Å²) in [6, 6.07) is -0.605. The van der Waals surface area contributed by atoms with E-state index in [1.165, 1.54) is 0 Å². The van der Waals surface area contributed by atoms with Crippen LogP contribution in [0.4, 0.5) is 4.79 Å². The Morgan fingerprint density at radius 1 is 1.25 bits per heavy atom. The minimum atomic E-state index is -0.605. The molecule has 2 amide bonds. The number of carbonyl (C=O) groups is 2. The van der Waals surface area contributed by atoms with Gasteiger partial charge >= 0.3 is 6.09 Å². The highest BCUT2D eigenvalue weighted by atomic mass is 16.6. The second-order valence-corrected chi connectivity index (χ2v) is 5.79. The van der Waals surface area contributed by atoms with Gasteiger partial charge in [-0.3, -0.25) is 4.79 Å². The van der Waals surface area contributed by atoms with Crippen LogP contribution < -0.4 is 10.6 Å². The molecule has 0 aromatic rings. The van der Waals surface area contributed by atoms with E-state index < -0.39 is 17.7 Å². The lowest BCUT2D eigenvalue weighted by atomic mass is 9.98. The lowest BCUT2D eigenvalue weighted by Gasteiger charge is -2.26. The van der Waals surface area contributed by atoms with Crippen LogP contribution in [-0.2, 0) is 14.3 Å². The Hall–Kier alpha value is -1.30. The number of amides is 2. The number of alkyl carbamates (subject to hydrolysis) is 1. The average molecular weight is 288 g/mol. The number of rotatable bonds is 7. The molecule has 2 N–H and O–H groups in total. The van der Waals surface area contributed by atoms with E-state index in [-0.39, 0.29) is 11.8 Å². The van der Waals surface area contributed by atoms with E-state index in [1.54, 1.807) is 27.9 Å². The molecule has 0 aliphatic heterocycles. The molecule has 0 rings (SSSR count). The van der Waals surface area contributed by atoms with Crippen LogP contribution in [0.5, 0.6) is 0 Å². The molecule has 2 unspecified atom stereocenters. The summed E-state index contributed by atoms with van der Waals surface area (Å²) in [6.07, 6.45) is 0.197. The first-order chi connectivity index (χ1) is 9.21. The van der Waals surface area contributed by atoms with Gasteiger partial charge in [0, 0.05) is 13.7 Å². The topological polar surface area (TPSA) is 76.7 Å². The minimum Gasteiger partial charge on any atom is -0.444 e. The van der Waals surface area contributed by atoms with Crippen molar-refractivity contribution in [3.05, 3.63) is 0 Å². The summed E-state index contributed by atoms with van der Waals surface area (Å²) in [5.41, 5.74) is -0.587. The molecule has 0 bridgehead atoms. The zero-order chi connectivity index (χ0) is 15.8. The Bertz CT molecular complexity index is 313. The van der Waals surface area contributed by atoms with Crippen molar-refractivity contribution in [2.24, 2.45) is 5.92 Å². The Morgan fingerprint density at radius 3 is 2.30 bits per heavy atom. The van der Waals surface area contributed by atoms with Crippen LogP contribution in [0.3, 0.4) is 0 Å². The number of carbonyl (C=O) groups excluding carboxylic acids is 2. The monoisotopic (exact) mass is 288 g/mol. The molecule has 0 aromatic heterocycles. The second-order valence-electron chi connectivity index (χ2n) is 5.79. The standard InChI is InChI=1S/C14H28N2O4/c1-7-10(2)11(12(17)15-8-9-19-6)16-13(18)20-14(3,4)5/h10-11H,7-9H2,1-6H3,(H,15,17)(H,16,18). The fourth-order valence-electron chi connectivity index (χ4n) is 1.52. The maximum atomic E-state index is 12.1. The molecule has 0 saturated heterocycles. The van der Waals surface area contributed by atoms with Crippen LogP contribution in [0, 0.1) is 5.92 Å². The summed E-state index contributed by atoms with van der Waals surface area (Å²) in [5.74, 6) is -0.202. The molecular weight excluding hydrogens is 260 g/mol. The third-order valence-corrected chi connectivity index (χ3v) is 2.77. The zero-order valence-electron chi connectivity index (χ0n) is 13.4. The third-order valence-electron chi connectivity index (χ3n) is 2.77. The Morgan fingerprint density at radius 2 is 1.85 bits per heavy atom. The number of hydrogen-bond acceptors (Lipinski definition) is 4. The molecule has 0 fully saturated rings. The molecule has 0 spiro atoms. The average Bonchev–Trinajstić information content (AvgIpc) is 2.33. The normalized spacial score (nSPS) is 14.3. The van der Waals surface area contributed by atoms with Gasteiger partial charge in [0.25, 0.3) is 0 Å². The summed E-state index contributed by atoms with van der Waals surface area (Å²) in [5, 5.41) is 5.37. The summed E-state index contributed by atoms with van der Waals surface area (Å²) < 4.78 is 10.1. The van der Waals surface area contributed by atoms with Crippen molar-refractivity contribution in [3.63, 3.8) is 0 Å². The highest BCUT2D eigenvalue weighted by molar-refractivity contribution is 5.85. The molecule has 0 radical (unpaired) electrons. The third kappa shape index (κ3) is 7.99. The van der Waals surface area contributed by atoms with Crippen molar-refractivity contribution in [3.8, 4) is 0 Å². The Kier molecular flexibility index (Phi) is 8.22. The maximum Gasteiger partial charge on any atom is 0.408 e. The summed E-state index contributed by atoms with van der Waals surface area (Å²) in [4.78, 5) is 23.9. The Balaban J connectivity index is 4.56. The van der Waals surface area contributed by atoms with Crippen LogP contribution in [0.25, 0.3) is 0 Å². The van der Waals surface area contributed by atoms with E-state index in [2.05, 4.69) is 10.6 Å². The van der Waals surface area contributed by atoms with Gasteiger partial charge < -0.3 is 20.1 Å². The van der Waals surface area contributed by atoms with Gasteiger partial charge in [-0.25, -0.2) is 4.79 Å². The quantitative estimate of drug-likeness (QED) is 0.699. The number of ether oxygens (including phenoxy) is 2. The zero-order valence-corrected chi connectivity index (χ0v) is 13.4. The first-order valence-electron chi connectivity index (χ1n) is 6.97. The van der Waals surface area contributed by atoms with Crippen LogP contribution in [-0.4, -0.2) is 43.9 Å². The van der Waals surface area contributed by atoms with Gasteiger partial charge in [-0.15, -0.1) is 0 Å². The van der Waals surface area contributed by atoms with Crippen molar-refractivity contribution in [1.82, 2.24) is 10.6 Å². The van der Waals surface area contributed by atoms with E-state index in [0.29, 0.717) is 13.2 Å². The largest absolute Gasteiger partial charge is 0.444 e. The maximum absolute atomic E-state index is 12.1. The summed E-state index contributed by atoms with van der Waals surface area (Å²) in [6.45, 7) is 10.1. The minimum absolute atomic E-state index is 0.0186. The van der Waals surface area contributed by atoms with Crippen LogP contribution in [0.15, 0.2) is 0 Å². The molecule has 0 saturated carbocycles. The molecule has 2 atom stereocenters. The predicted molar refractivity (Wildman–Crippen MR) is 77.5 cm³/mol. The summed E-state index contributed by atoms with van der Waals surface area (Å²) >= 11 is 0. The van der Waals surface area contributed by atoms with Gasteiger partial charge in [0.2, 0.25) is 5.91 Å². The van der Waals surface area contributed by atoms with E-state index in [1.807, 2.05) is 13.8 Å². The fraction of sp³-hybridized carbons (Fsp3) is 0.857. The van der Waals surface area contributed by atoms with Crippen LogP contribution >= 0.6 is 0 Å². The SMILES string of the molecule is CCC(C)C(NC(=O)OC(C)(C)C)C(=O)NCCOC. The lowest BCUT2D eigenvalue weighted by molar-refractivity contribution is -0.124. The molecule has 118 valence electrons. The van der Waals surface area contributed by atoms with E-state index in [4.69, 9.17) is 9.47 Å². The highest BCUT2D eigenvalue weighted by Crippen LogP contribution is 2.11. The van der Waals surface area contributed by atoms with Gasteiger partial charge in [0.05, 0.1) is 6.61 Å². The Labute approximate surface area is 121 Å². The molecule has 6 heteroatoms. The second kappa shape index (κ2) is 8.79. The molecular formula is C14H28N2O4. The van der Waals surface area contributed by atoms with Crippen LogP contribution in [0.1, 0.15) is 41.0 Å². The van der Waals surface area contributed by atoms with Crippen molar-refractivity contribution in [1.29, 1.82) is 0 Å². The smallest absolute Gasteiger partial charge is 0.408 e. The van der Waals surface area contributed by atoms with Crippen molar-refractivity contribution in [2.75, 3.05) is 20.3 Å². The first kappa shape index (κ1) is 18.7. The lowest BCUT2D eigenvalue weighted by Crippen LogP contribution is -2.51. The van der Waals surface area contributed by atoms with Gasteiger partial charge in [-0.05, 0) is 26.7 Å². The molecule has 0 aliphatic carbocycles. The summed E-state index contributed by atoms with van der Waals surface area (Å²) in [7, 11) is 1.57. The number of nitrogens with one attached hydrogen (secondary N) is 2. The van der Waals surface area contributed by atoms with Crippen LogP contribution in [0.2, 0.25) is 0 Å².